The Hall–Kier alpha value is -1.62. The molecule has 1 amide bonds. The van der Waals surface area contributed by atoms with Gasteiger partial charge in [-0.15, -0.1) is 0 Å². The lowest BCUT2D eigenvalue weighted by atomic mass is 10.1. The van der Waals surface area contributed by atoms with Crippen LogP contribution >= 0.6 is 0 Å². The molecule has 4 nitrogen and oxygen atoms in total. The Morgan fingerprint density at radius 1 is 1.50 bits per heavy atom. The molecule has 0 aliphatic heterocycles. The van der Waals surface area contributed by atoms with E-state index < -0.39 is 11.7 Å². The number of hydrazine groups is 1. The van der Waals surface area contributed by atoms with Crippen molar-refractivity contribution in [2.75, 3.05) is 19.8 Å². The number of nitrogens with two attached hydrogens (primary N) is 1. The van der Waals surface area contributed by atoms with E-state index in [9.17, 15) is 9.18 Å². The molecule has 0 heterocycles. The molecule has 0 saturated carbocycles. The standard InChI is InChI=1S/C9H12FN3O/c1-13(2)12-9(14)7-5-6(10)3-4-8(7)11/h3-5H,11H2,1-2H3,(H,12,14). The second kappa shape index (κ2) is 4.06. The molecule has 0 aliphatic carbocycles. The van der Waals surface area contributed by atoms with Gasteiger partial charge in [-0.1, -0.05) is 0 Å². The number of carbonyl (C=O) groups is 1. The lowest BCUT2D eigenvalue weighted by Crippen LogP contribution is -2.36. The fourth-order valence-corrected chi connectivity index (χ4v) is 0.988. The van der Waals surface area contributed by atoms with Crippen LogP contribution in [0.2, 0.25) is 0 Å². The zero-order valence-corrected chi connectivity index (χ0v) is 8.04. The van der Waals surface area contributed by atoms with E-state index in [0.29, 0.717) is 0 Å². The van der Waals surface area contributed by atoms with Crippen LogP contribution in [0.1, 0.15) is 10.4 Å². The number of halogens is 1. The largest absolute Gasteiger partial charge is 0.398 e. The lowest BCUT2D eigenvalue weighted by molar-refractivity contribution is 0.0857. The summed E-state index contributed by atoms with van der Waals surface area (Å²) >= 11 is 0. The number of rotatable bonds is 2. The topological polar surface area (TPSA) is 58.4 Å². The van der Waals surface area contributed by atoms with Gasteiger partial charge in [-0.2, -0.15) is 0 Å². The van der Waals surface area contributed by atoms with E-state index >= 15 is 0 Å². The third kappa shape index (κ3) is 2.43. The van der Waals surface area contributed by atoms with Gasteiger partial charge in [0.25, 0.3) is 5.91 Å². The summed E-state index contributed by atoms with van der Waals surface area (Å²) in [5.41, 5.74) is 8.39. The van der Waals surface area contributed by atoms with E-state index in [1.165, 1.54) is 17.1 Å². The first kappa shape index (κ1) is 10.5. The van der Waals surface area contributed by atoms with Gasteiger partial charge in [0.2, 0.25) is 0 Å². The minimum absolute atomic E-state index is 0.138. The van der Waals surface area contributed by atoms with Crippen molar-refractivity contribution in [2.45, 2.75) is 0 Å². The van der Waals surface area contributed by atoms with Crippen molar-refractivity contribution in [3.8, 4) is 0 Å². The van der Waals surface area contributed by atoms with Crippen LogP contribution in [-0.4, -0.2) is 25.0 Å². The maximum Gasteiger partial charge on any atom is 0.267 e. The number of hydrogen-bond donors (Lipinski definition) is 2. The summed E-state index contributed by atoms with van der Waals surface area (Å²) in [6, 6.07) is 3.68. The van der Waals surface area contributed by atoms with Gasteiger partial charge in [0.15, 0.2) is 0 Å². The first-order chi connectivity index (χ1) is 6.50. The molecule has 0 spiro atoms. The lowest BCUT2D eigenvalue weighted by Gasteiger charge is -2.12. The number of carbonyl (C=O) groups excluding carboxylic acids is 1. The van der Waals surface area contributed by atoms with Gasteiger partial charge < -0.3 is 5.73 Å². The number of nitrogens with zero attached hydrogens (tertiary/aromatic N) is 1. The second-order valence-electron chi connectivity index (χ2n) is 3.07. The fourth-order valence-electron chi connectivity index (χ4n) is 0.988. The monoisotopic (exact) mass is 197 g/mol. The van der Waals surface area contributed by atoms with Crippen molar-refractivity contribution in [1.82, 2.24) is 10.4 Å². The van der Waals surface area contributed by atoms with Crippen molar-refractivity contribution in [1.29, 1.82) is 0 Å². The first-order valence-corrected chi connectivity index (χ1v) is 4.04. The van der Waals surface area contributed by atoms with E-state index in [-0.39, 0.29) is 11.3 Å². The second-order valence-corrected chi connectivity index (χ2v) is 3.07. The molecule has 0 bridgehead atoms. The Kier molecular flexibility index (Phi) is 3.03. The molecule has 0 unspecified atom stereocenters. The zero-order chi connectivity index (χ0) is 10.7. The molecule has 1 aromatic rings. The number of amides is 1. The molecule has 5 heteroatoms. The van der Waals surface area contributed by atoms with Crippen LogP contribution in [0.5, 0.6) is 0 Å². The predicted octanol–water partition coefficient (Wildman–Crippen LogP) is 0.614. The van der Waals surface area contributed by atoms with Crippen LogP contribution in [0.15, 0.2) is 18.2 Å². The predicted molar refractivity (Wildman–Crippen MR) is 52.0 cm³/mol. The zero-order valence-electron chi connectivity index (χ0n) is 8.04. The number of nitrogens with one attached hydrogen (secondary N) is 1. The van der Waals surface area contributed by atoms with Crippen LogP contribution in [0, 0.1) is 5.82 Å². The van der Waals surface area contributed by atoms with Gasteiger partial charge in [-0.25, -0.2) is 9.40 Å². The van der Waals surface area contributed by atoms with Crippen LogP contribution < -0.4 is 11.2 Å². The van der Waals surface area contributed by atoms with E-state index in [0.717, 1.165) is 6.07 Å². The molecular formula is C9H12FN3O. The molecule has 0 fully saturated rings. The van der Waals surface area contributed by atoms with Crippen molar-refractivity contribution >= 4 is 11.6 Å². The highest BCUT2D eigenvalue weighted by molar-refractivity contribution is 5.98. The number of nitrogen functional groups attached to an aromatic ring is 1. The van der Waals surface area contributed by atoms with Gasteiger partial charge in [0.05, 0.1) is 5.56 Å². The van der Waals surface area contributed by atoms with Gasteiger partial charge in [-0.05, 0) is 18.2 Å². The Morgan fingerprint density at radius 2 is 2.14 bits per heavy atom. The quantitative estimate of drug-likeness (QED) is 0.539. The molecule has 0 saturated heterocycles. The highest BCUT2D eigenvalue weighted by Gasteiger charge is 2.10. The normalized spacial score (nSPS) is 10.3. The summed E-state index contributed by atoms with van der Waals surface area (Å²) in [5.74, 6) is -0.907. The number of anilines is 1. The Morgan fingerprint density at radius 3 is 2.71 bits per heavy atom. The summed E-state index contributed by atoms with van der Waals surface area (Å²) in [6.45, 7) is 0. The highest BCUT2D eigenvalue weighted by atomic mass is 19.1. The van der Waals surface area contributed by atoms with Crippen LogP contribution in [0.4, 0.5) is 10.1 Å². The molecular weight excluding hydrogens is 185 g/mol. The third-order valence-electron chi connectivity index (χ3n) is 1.59. The minimum atomic E-state index is -0.483. The maximum absolute atomic E-state index is 12.8. The van der Waals surface area contributed by atoms with Crippen molar-refractivity contribution in [3.05, 3.63) is 29.6 Å². The van der Waals surface area contributed by atoms with Crippen molar-refractivity contribution in [3.63, 3.8) is 0 Å². The molecule has 0 radical (unpaired) electrons. The van der Waals surface area contributed by atoms with Crippen LogP contribution in [0.25, 0.3) is 0 Å². The third-order valence-corrected chi connectivity index (χ3v) is 1.59. The van der Waals surface area contributed by atoms with Crippen molar-refractivity contribution in [2.24, 2.45) is 0 Å². The molecule has 14 heavy (non-hydrogen) atoms. The first-order valence-electron chi connectivity index (χ1n) is 4.04. The molecule has 0 atom stereocenters. The summed E-state index contributed by atoms with van der Waals surface area (Å²) in [5, 5.41) is 1.46. The summed E-state index contributed by atoms with van der Waals surface area (Å²) in [7, 11) is 3.32. The van der Waals surface area contributed by atoms with Gasteiger partial charge in [-0.3, -0.25) is 10.2 Å². The summed E-state index contributed by atoms with van der Waals surface area (Å²) < 4.78 is 12.8. The van der Waals surface area contributed by atoms with Gasteiger partial charge >= 0.3 is 0 Å². The van der Waals surface area contributed by atoms with Crippen LogP contribution in [-0.2, 0) is 0 Å². The average molecular weight is 197 g/mol. The Labute approximate surface area is 81.5 Å². The molecule has 76 valence electrons. The fraction of sp³-hybridized carbons (Fsp3) is 0.222. The highest BCUT2D eigenvalue weighted by Crippen LogP contribution is 2.12. The Bertz CT molecular complexity index is 352. The number of benzene rings is 1. The molecule has 1 rings (SSSR count). The molecule has 3 N–H and O–H groups in total. The minimum Gasteiger partial charge on any atom is -0.398 e. The maximum atomic E-state index is 12.8. The van der Waals surface area contributed by atoms with Gasteiger partial charge in [0.1, 0.15) is 5.82 Å². The van der Waals surface area contributed by atoms with Crippen molar-refractivity contribution < 1.29 is 9.18 Å². The average Bonchev–Trinajstić information content (AvgIpc) is 2.08. The Balaban J connectivity index is 2.94. The molecule has 0 aromatic heterocycles. The van der Waals surface area contributed by atoms with E-state index in [1.54, 1.807) is 14.1 Å². The smallest absolute Gasteiger partial charge is 0.267 e. The molecule has 1 aromatic carbocycles. The molecule has 0 aliphatic rings. The summed E-state index contributed by atoms with van der Waals surface area (Å²) in [6.07, 6.45) is 0. The van der Waals surface area contributed by atoms with E-state index in [4.69, 9.17) is 5.73 Å². The van der Waals surface area contributed by atoms with E-state index in [1.807, 2.05) is 0 Å². The van der Waals surface area contributed by atoms with E-state index in [2.05, 4.69) is 5.43 Å². The summed E-state index contributed by atoms with van der Waals surface area (Å²) in [4.78, 5) is 11.4. The van der Waals surface area contributed by atoms with Crippen LogP contribution in [0.3, 0.4) is 0 Å². The SMILES string of the molecule is CN(C)NC(=O)c1cc(F)ccc1N. The number of hydrogen-bond acceptors (Lipinski definition) is 3. The van der Waals surface area contributed by atoms with Gasteiger partial charge in [0, 0.05) is 19.8 Å².